The molecule has 0 aliphatic heterocycles. The van der Waals surface area contributed by atoms with Gasteiger partial charge < -0.3 is 19.5 Å². The van der Waals surface area contributed by atoms with Crippen molar-refractivity contribution in [2.45, 2.75) is 4.90 Å². The van der Waals surface area contributed by atoms with Crippen LogP contribution in [0.25, 0.3) is 0 Å². The Morgan fingerprint density at radius 1 is 1.07 bits per heavy atom. The van der Waals surface area contributed by atoms with Crippen molar-refractivity contribution in [3.8, 4) is 11.5 Å². The molecule has 144 valence electrons. The van der Waals surface area contributed by atoms with Gasteiger partial charge in [0.2, 0.25) is 0 Å². The summed E-state index contributed by atoms with van der Waals surface area (Å²) in [6.07, 6.45) is 1.08. The van der Waals surface area contributed by atoms with E-state index in [1.54, 1.807) is 12.1 Å². The van der Waals surface area contributed by atoms with Gasteiger partial charge in [-0.25, -0.2) is 13.2 Å². The van der Waals surface area contributed by atoms with Gasteiger partial charge in [0.25, 0.3) is 5.91 Å². The summed E-state index contributed by atoms with van der Waals surface area (Å²) in [5.74, 6) is -0.576. The number of ether oxygens (including phenoxy) is 3. The average Bonchev–Trinajstić information content (AvgIpc) is 2.65. The molecule has 0 fully saturated rings. The normalized spacial score (nSPS) is 10.8. The topological polar surface area (TPSA) is 108 Å². The van der Waals surface area contributed by atoms with E-state index < -0.39 is 28.3 Å². The summed E-state index contributed by atoms with van der Waals surface area (Å²) >= 11 is 0. The van der Waals surface area contributed by atoms with E-state index >= 15 is 0 Å². The predicted octanol–water partition coefficient (Wildman–Crippen LogP) is 1.90. The van der Waals surface area contributed by atoms with Crippen molar-refractivity contribution in [2.24, 2.45) is 0 Å². The standard InChI is InChI=1S/C18H19NO7S/c1-24-13-7-8-15(18(21)25-2)16(10-13)26-11-17(20)19-12-5-4-6-14(9-12)27(3,22)23/h4-10H,11H2,1-3H3,(H,19,20). The van der Waals surface area contributed by atoms with Gasteiger partial charge in [-0.15, -0.1) is 0 Å². The van der Waals surface area contributed by atoms with Crippen LogP contribution in [0.2, 0.25) is 0 Å². The molecule has 27 heavy (non-hydrogen) atoms. The molecule has 0 saturated heterocycles. The quantitative estimate of drug-likeness (QED) is 0.716. The van der Waals surface area contributed by atoms with Crippen molar-refractivity contribution < 1.29 is 32.2 Å². The van der Waals surface area contributed by atoms with E-state index in [4.69, 9.17) is 9.47 Å². The molecule has 8 nitrogen and oxygen atoms in total. The number of carbonyl (C=O) groups excluding carboxylic acids is 2. The summed E-state index contributed by atoms with van der Waals surface area (Å²) in [5, 5.41) is 2.54. The molecule has 1 N–H and O–H groups in total. The number of anilines is 1. The molecule has 9 heteroatoms. The number of benzene rings is 2. The first-order chi connectivity index (χ1) is 12.7. The van der Waals surface area contributed by atoms with Crippen molar-refractivity contribution in [3.63, 3.8) is 0 Å². The Bertz CT molecular complexity index is 954. The lowest BCUT2D eigenvalue weighted by Crippen LogP contribution is -2.21. The molecule has 2 aromatic rings. The smallest absolute Gasteiger partial charge is 0.341 e. The molecule has 0 radical (unpaired) electrons. The molecular formula is C18H19NO7S. The second-order valence-corrected chi connectivity index (χ2v) is 7.51. The fourth-order valence-corrected chi connectivity index (χ4v) is 2.84. The highest BCUT2D eigenvalue weighted by atomic mass is 32.2. The highest BCUT2D eigenvalue weighted by Gasteiger charge is 2.16. The Hall–Kier alpha value is -3.07. The highest BCUT2D eigenvalue weighted by Crippen LogP contribution is 2.25. The van der Waals surface area contributed by atoms with E-state index in [1.165, 1.54) is 44.6 Å². The van der Waals surface area contributed by atoms with E-state index in [1.807, 2.05) is 0 Å². The van der Waals surface area contributed by atoms with Crippen LogP contribution in [-0.4, -0.2) is 47.4 Å². The van der Waals surface area contributed by atoms with Crippen LogP contribution in [0.4, 0.5) is 5.69 Å². The lowest BCUT2D eigenvalue weighted by molar-refractivity contribution is -0.118. The molecule has 1 amide bonds. The number of rotatable bonds is 7. The van der Waals surface area contributed by atoms with Crippen LogP contribution in [-0.2, 0) is 19.4 Å². The summed E-state index contributed by atoms with van der Waals surface area (Å²) in [7, 11) is -0.699. The molecular weight excluding hydrogens is 374 g/mol. The fourth-order valence-electron chi connectivity index (χ4n) is 2.17. The van der Waals surface area contributed by atoms with E-state index in [2.05, 4.69) is 10.1 Å². The Labute approximate surface area is 157 Å². The third kappa shape index (κ3) is 5.45. The zero-order valence-electron chi connectivity index (χ0n) is 15.0. The van der Waals surface area contributed by atoms with Gasteiger partial charge in [0.1, 0.15) is 17.1 Å². The van der Waals surface area contributed by atoms with Crippen LogP contribution in [0.3, 0.4) is 0 Å². The number of carbonyl (C=O) groups is 2. The predicted molar refractivity (Wildman–Crippen MR) is 98.0 cm³/mol. The van der Waals surface area contributed by atoms with Crippen LogP contribution < -0.4 is 14.8 Å². The Kier molecular flexibility index (Phi) is 6.40. The number of nitrogens with one attached hydrogen (secondary N) is 1. The Morgan fingerprint density at radius 2 is 1.81 bits per heavy atom. The minimum absolute atomic E-state index is 0.0852. The molecule has 0 bridgehead atoms. The second kappa shape index (κ2) is 8.54. The first kappa shape index (κ1) is 20.2. The molecule has 0 saturated carbocycles. The van der Waals surface area contributed by atoms with E-state index in [0.717, 1.165) is 6.26 Å². The van der Waals surface area contributed by atoms with E-state index in [9.17, 15) is 18.0 Å². The molecule has 0 heterocycles. The first-order valence-corrected chi connectivity index (χ1v) is 9.63. The maximum Gasteiger partial charge on any atom is 0.341 e. The van der Waals surface area contributed by atoms with E-state index in [0.29, 0.717) is 11.4 Å². The van der Waals surface area contributed by atoms with Crippen molar-refractivity contribution in [1.29, 1.82) is 0 Å². The molecule has 0 atom stereocenters. The number of sulfone groups is 1. The maximum absolute atomic E-state index is 12.1. The van der Waals surface area contributed by atoms with Gasteiger partial charge in [0.15, 0.2) is 16.4 Å². The van der Waals surface area contributed by atoms with Gasteiger partial charge in [-0.1, -0.05) is 6.07 Å². The largest absolute Gasteiger partial charge is 0.497 e. The van der Waals surface area contributed by atoms with Crippen LogP contribution in [0.15, 0.2) is 47.4 Å². The molecule has 0 aromatic heterocycles. The van der Waals surface area contributed by atoms with Crippen LogP contribution >= 0.6 is 0 Å². The molecule has 0 aliphatic rings. The van der Waals surface area contributed by atoms with Crippen LogP contribution in [0.5, 0.6) is 11.5 Å². The molecule has 2 aromatic carbocycles. The summed E-state index contributed by atoms with van der Waals surface area (Å²) in [6, 6.07) is 10.3. The molecule has 2 rings (SSSR count). The zero-order chi connectivity index (χ0) is 20.0. The van der Waals surface area contributed by atoms with Gasteiger partial charge >= 0.3 is 5.97 Å². The summed E-state index contributed by atoms with van der Waals surface area (Å²) in [5.41, 5.74) is 0.454. The number of amides is 1. The SMILES string of the molecule is COC(=O)c1ccc(OC)cc1OCC(=O)Nc1cccc(S(C)(=O)=O)c1. The minimum atomic E-state index is -3.39. The minimum Gasteiger partial charge on any atom is -0.497 e. The van der Waals surface area contributed by atoms with Gasteiger partial charge in [-0.2, -0.15) is 0 Å². The fraction of sp³-hybridized carbons (Fsp3) is 0.222. The van der Waals surface area contributed by atoms with Gasteiger partial charge in [-0.05, 0) is 30.3 Å². The van der Waals surface area contributed by atoms with Crippen LogP contribution in [0.1, 0.15) is 10.4 Å². The Balaban J connectivity index is 2.11. The van der Waals surface area contributed by atoms with E-state index in [-0.39, 0.29) is 16.2 Å². The van der Waals surface area contributed by atoms with Crippen LogP contribution in [0, 0.1) is 0 Å². The number of esters is 1. The zero-order valence-corrected chi connectivity index (χ0v) is 15.8. The third-order valence-corrected chi connectivity index (χ3v) is 4.61. The van der Waals surface area contributed by atoms with Crippen molar-refractivity contribution in [2.75, 3.05) is 32.4 Å². The van der Waals surface area contributed by atoms with Crippen molar-refractivity contribution in [1.82, 2.24) is 0 Å². The lowest BCUT2D eigenvalue weighted by atomic mass is 10.2. The summed E-state index contributed by atoms with van der Waals surface area (Å²) < 4.78 is 38.3. The van der Waals surface area contributed by atoms with Gasteiger partial charge in [0.05, 0.1) is 19.1 Å². The first-order valence-electron chi connectivity index (χ1n) is 7.73. The maximum atomic E-state index is 12.1. The second-order valence-electron chi connectivity index (χ2n) is 5.49. The van der Waals surface area contributed by atoms with Crippen molar-refractivity contribution >= 4 is 27.4 Å². The number of hydrogen-bond acceptors (Lipinski definition) is 7. The Morgan fingerprint density at radius 3 is 2.44 bits per heavy atom. The molecule has 0 spiro atoms. The van der Waals surface area contributed by atoms with Gasteiger partial charge in [0, 0.05) is 18.0 Å². The lowest BCUT2D eigenvalue weighted by Gasteiger charge is -2.12. The number of hydrogen-bond donors (Lipinski definition) is 1. The highest BCUT2D eigenvalue weighted by molar-refractivity contribution is 7.90. The average molecular weight is 393 g/mol. The third-order valence-electron chi connectivity index (χ3n) is 3.50. The summed E-state index contributed by atoms with van der Waals surface area (Å²) in [6.45, 7) is -0.403. The molecule has 0 unspecified atom stereocenters. The van der Waals surface area contributed by atoms with Gasteiger partial charge in [-0.3, -0.25) is 4.79 Å². The number of methoxy groups -OCH3 is 2. The molecule has 0 aliphatic carbocycles. The summed E-state index contributed by atoms with van der Waals surface area (Å²) in [4.78, 5) is 24.0. The monoisotopic (exact) mass is 393 g/mol. The van der Waals surface area contributed by atoms with Crippen molar-refractivity contribution in [3.05, 3.63) is 48.0 Å².